The molecule has 0 radical (unpaired) electrons. The number of anilines is 3. The maximum absolute atomic E-state index is 4.81. The molecule has 0 amide bonds. The Labute approximate surface area is 153 Å². The largest absolute Gasteiger partial charge is 0.341 e. The number of benzene rings is 1. The highest BCUT2D eigenvalue weighted by Crippen LogP contribution is 2.26. The summed E-state index contributed by atoms with van der Waals surface area (Å²) >= 11 is 0. The number of nitrogens with zero attached hydrogens (tertiary/aromatic N) is 5. The van der Waals surface area contributed by atoms with Gasteiger partial charge in [0.2, 0.25) is 5.95 Å². The second kappa shape index (κ2) is 7.23. The first-order chi connectivity index (χ1) is 12.7. The minimum atomic E-state index is 0.632. The van der Waals surface area contributed by atoms with Gasteiger partial charge in [-0.25, -0.2) is 9.97 Å². The average Bonchev–Trinajstić information content (AvgIpc) is 2.94. The predicted octanol–water partition coefficient (Wildman–Crippen LogP) is 4.16. The zero-order valence-corrected chi connectivity index (χ0v) is 15.4. The minimum absolute atomic E-state index is 0.632. The first-order valence-electron chi connectivity index (χ1n) is 9.29. The van der Waals surface area contributed by atoms with Crippen LogP contribution in [0.3, 0.4) is 0 Å². The van der Waals surface area contributed by atoms with Gasteiger partial charge in [-0.15, -0.1) is 0 Å². The number of aromatic nitrogens is 4. The van der Waals surface area contributed by atoms with Gasteiger partial charge in [-0.3, -0.25) is 0 Å². The molecule has 3 aromatic rings. The number of nitrogens with one attached hydrogen (secondary N) is 1. The molecule has 1 N–H and O–H groups in total. The normalized spacial score (nSPS) is 15.1. The summed E-state index contributed by atoms with van der Waals surface area (Å²) < 4.78 is 0. The number of rotatable bonds is 3. The highest BCUT2D eigenvalue weighted by atomic mass is 15.3. The second-order valence-corrected chi connectivity index (χ2v) is 6.93. The molecular weight excluding hydrogens is 324 g/mol. The highest BCUT2D eigenvalue weighted by molar-refractivity contribution is 5.85. The van der Waals surface area contributed by atoms with Crippen molar-refractivity contribution >= 4 is 28.6 Å². The van der Waals surface area contributed by atoms with E-state index in [0.29, 0.717) is 17.0 Å². The molecule has 1 aliphatic rings. The lowest BCUT2D eigenvalue weighted by molar-refractivity contribution is 0.726. The van der Waals surface area contributed by atoms with Gasteiger partial charge in [-0.05, 0) is 49.9 Å². The Morgan fingerprint density at radius 2 is 1.65 bits per heavy atom. The van der Waals surface area contributed by atoms with Crippen LogP contribution in [0.1, 0.15) is 36.8 Å². The fraction of sp³-hybridized carbons (Fsp3) is 0.400. The van der Waals surface area contributed by atoms with Crippen molar-refractivity contribution in [2.45, 2.75) is 39.5 Å². The Kier molecular flexibility index (Phi) is 4.65. The van der Waals surface area contributed by atoms with Gasteiger partial charge in [0.15, 0.2) is 17.0 Å². The summed E-state index contributed by atoms with van der Waals surface area (Å²) in [5.41, 5.74) is 4.85. The van der Waals surface area contributed by atoms with Gasteiger partial charge < -0.3 is 10.2 Å². The summed E-state index contributed by atoms with van der Waals surface area (Å²) in [7, 11) is 0. The van der Waals surface area contributed by atoms with Gasteiger partial charge in [0.25, 0.3) is 0 Å². The monoisotopic (exact) mass is 348 g/mol. The molecule has 0 unspecified atom stereocenters. The Balaban J connectivity index is 1.75. The molecule has 6 nitrogen and oxygen atoms in total. The van der Waals surface area contributed by atoms with Gasteiger partial charge in [0.1, 0.15) is 0 Å². The molecule has 1 saturated heterocycles. The Bertz CT molecular complexity index is 915. The molecule has 26 heavy (non-hydrogen) atoms. The highest BCUT2D eigenvalue weighted by Gasteiger charge is 2.17. The first-order valence-corrected chi connectivity index (χ1v) is 9.29. The Morgan fingerprint density at radius 3 is 2.42 bits per heavy atom. The lowest BCUT2D eigenvalue weighted by atomic mass is 10.1. The van der Waals surface area contributed by atoms with Crippen molar-refractivity contribution in [3.63, 3.8) is 0 Å². The Morgan fingerprint density at radius 1 is 0.885 bits per heavy atom. The van der Waals surface area contributed by atoms with E-state index in [-0.39, 0.29) is 0 Å². The van der Waals surface area contributed by atoms with Gasteiger partial charge in [-0.2, -0.15) is 9.97 Å². The van der Waals surface area contributed by atoms with Crippen LogP contribution in [-0.2, 0) is 0 Å². The third-order valence-electron chi connectivity index (χ3n) is 4.98. The van der Waals surface area contributed by atoms with Crippen molar-refractivity contribution in [1.82, 2.24) is 19.9 Å². The standard InChI is InChI=1S/C20H24N6/c1-14-7-8-16(13-15(14)2)23-19-17-18(22-10-9-21-17)24-20(25-19)26-11-5-3-4-6-12-26/h7-10,13H,3-6,11-12H2,1-2H3,(H,22,23,24,25). The molecule has 0 spiro atoms. The number of hydrogen-bond acceptors (Lipinski definition) is 6. The van der Waals surface area contributed by atoms with E-state index < -0.39 is 0 Å². The first kappa shape index (κ1) is 16.7. The molecule has 2 aromatic heterocycles. The van der Waals surface area contributed by atoms with E-state index in [9.17, 15) is 0 Å². The lowest BCUT2D eigenvalue weighted by Crippen LogP contribution is -2.26. The van der Waals surface area contributed by atoms with Crippen LogP contribution < -0.4 is 10.2 Å². The van der Waals surface area contributed by atoms with Crippen LogP contribution in [0.2, 0.25) is 0 Å². The third-order valence-corrected chi connectivity index (χ3v) is 4.98. The van der Waals surface area contributed by atoms with Crippen LogP contribution >= 0.6 is 0 Å². The van der Waals surface area contributed by atoms with Crippen molar-refractivity contribution in [1.29, 1.82) is 0 Å². The molecule has 0 atom stereocenters. The van der Waals surface area contributed by atoms with Crippen LogP contribution in [0.15, 0.2) is 30.6 Å². The summed E-state index contributed by atoms with van der Waals surface area (Å²) in [5.74, 6) is 1.46. The van der Waals surface area contributed by atoms with Gasteiger partial charge >= 0.3 is 0 Å². The van der Waals surface area contributed by atoms with Crippen molar-refractivity contribution in [2.75, 3.05) is 23.3 Å². The molecule has 1 aliphatic heterocycles. The van der Waals surface area contributed by atoms with E-state index in [1.807, 2.05) is 0 Å². The SMILES string of the molecule is Cc1ccc(Nc2nc(N3CCCCCC3)nc3nccnc23)cc1C. The second-order valence-electron chi connectivity index (χ2n) is 6.93. The van der Waals surface area contributed by atoms with Crippen molar-refractivity contribution in [3.05, 3.63) is 41.7 Å². The van der Waals surface area contributed by atoms with Crippen LogP contribution in [-0.4, -0.2) is 33.0 Å². The zero-order chi connectivity index (χ0) is 17.9. The van der Waals surface area contributed by atoms with Crippen molar-refractivity contribution < 1.29 is 0 Å². The summed E-state index contributed by atoms with van der Waals surface area (Å²) in [4.78, 5) is 20.6. The molecule has 0 aliphatic carbocycles. The van der Waals surface area contributed by atoms with Gasteiger partial charge in [0, 0.05) is 31.2 Å². The van der Waals surface area contributed by atoms with Crippen LogP contribution in [0, 0.1) is 13.8 Å². The Hall–Kier alpha value is -2.76. The van der Waals surface area contributed by atoms with E-state index in [2.05, 4.69) is 57.2 Å². The maximum atomic E-state index is 4.81. The summed E-state index contributed by atoms with van der Waals surface area (Å²) in [6.07, 6.45) is 8.28. The van der Waals surface area contributed by atoms with E-state index >= 15 is 0 Å². The number of hydrogen-bond donors (Lipinski definition) is 1. The van der Waals surface area contributed by atoms with Crippen molar-refractivity contribution in [2.24, 2.45) is 0 Å². The fourth-order valence-corrected chi connectivity index (χ4v) is 3.31. The quantitative estimate of drug-likeness (QED) is 0.766. The van der Waals surface area contributed by atoms with Crippen molar-refractivity contribution in [3.8, 4) is 0 Å². The summed E-state index contributed by atoms with van der Waals surface area (Å²) in [6, 6.07) is 6.31. The number of aryl methyl sites for hydroxylation is 2. The maximum Gasteiger partial charge on any atom is 0.229 e. The molecule has 0 bridgehead atoms. The molecule has 1 aromatic carbocycles. The molecular formula is C20H24N6. The molecule has 6 heteroatoms. The van der Waals surface area contributed by atoms with E-state index in [4.69, 9.17) is 4.98 Å². The minimum Gasteiger partial charge on any atom is -0.341 e. The third kappa shape index (κ3) is 3.45. The van der Waals surface area contributed by atoms with Gasteiger partial charge in [-0.1, -0.05) is 18.9 Å². The summed E-state index contributed by atoms with van der Waals surface area (Å²) in [6.45, 7) is 6.22. The molecule has 3 heterocycles. The topological polar surface area (TPSA) is 66.8 Å². The summed E-state index contributed by atoms with van der Waals surface area (Å²) in [5, 5.41) is 3.43. The average molecular weight is 348 g/mol. The fourth-order valence-electron chi connectivity index (χ4n) is 3.31. The lowest BCUT2D eigenvalue weighted by Gasteiger charge is -2.21. The zero-order valence-electron chi connectivity index (χ0n) is 15.4. The van der Waals surface area contributed by atoms with Crippen LogP contribution in [0.4, 0.5) is 17.5 Å². The van der Waals surface area contributed by atoms with E-state index in [0.717, 1.165) is 24.7 Å². The number of fused-ring (bicyclic) bond motifs is 1. The molecule has 0 saturated carbocycles. The molecule has 1 fully saturated rings. The van der Waals surface area contributed by atoms with Gasteiger partial charge in [0.05, 0.1) is 0 Å². The van der Waals surface area contributed by atoms with E-state index in [1.54, 1.807) is 12.4 Å². The molecule has 4 rings (SSSR count). The predicted molar refractivity (Wildman–Crippen MR) is 105 cm³/mol. The molecule has 134 valence electrons. The smallest absolute Gasteiger partial charge is 0.229 e. The van der Waals surface area contributed by atoms with Crippen LogP contribution in [0.5, 0.6) is 0 Å². The van der Waals surface area contributed by atoms with Crippen LogP contribution in [0.25, 0.3) is 11.2 Å². The van der Waals surface area contributed by atoms with E-state index in [1.165, 1.54) is 36.8 Å².